The van der Waals surface area contributed by atoms with Crippen molar-refractivity contribution in [2.75, 3.05) is 0 Å². The van der Waals surface area contributed by atoms with Crippen LogP contribution in [0.15, 0.2) is 41.6 Å². The summed E-state index contributed by atoms with van der Waals surface area (Å²) in [6.45, 7) is 0.0000950. The van der Waals surface area contributed by atoms with E-state index < -0.39 is 15.8 Å². The first-order chi connectivity index (χ1) is 9.94. The van der Waals surface area contributed by atoms with Gasteiger partial charge in [0.2, 0.25) is 10.0 Å². The van der Waals surface area contributed by atoms with Gasteiger partial charge in [-0.25, -0.2) is 17.5 Å². The van der Waals surface area contributed by atoms with Gasteiger partial charge in [0, 0.05) is 25.5 Å². The van der Waals surface area contributed by atoms with E-state index >= 15 is 0 Å². The van der Waals surface area contributed by atoms with Gasteiger partial charge in [-0.3, -0.25) is 4.98 Å². The van der Waals surface area contributed by atoms with Crippen LogP contribution in [0.1, 0.15) is 11.1 Å². The fourth-order valence-electron chi connectivity index (χ4n) is 1.69. The Balaban J connectivity index is 2.25. The maximum atomic E-state index is 13.6. The average Bonchev–Trinajstić information content (AvgIpc) is 2.49. The third kappa shape index (κ3) is 3.76. The molecule has 0 saturated heterocycles. The summed E-state index contributed by atoms with van der Waals surface area (Å²) in [6, 6.07) is 5.55. The minimum Gasteiger partial charge on any atom is -0.326 e. The van der Waals surface area contributed by atoms with Gasteiger partial charge in [-0.05, 0) is 29.3 Å². The predicted molar refractivity (Wildman–Crippen MR) is 77.6 cm³/mol. The molecule has 0 unspecified atom stereocenters. The molecular formula is C13H13ClFN3O2S. The highest BCUT2D eigenvalue weighted by Gasteiger charge is 2.18. The van der Waals surface area contributed by atoms with Gasteiger partial charge in [-0.15, -0.1) is 0 Å². The van der Waals surface area contributed by atoms with Crippen LogP contribution in [0.3, 0.4) is 0 Å². The monoisotopic (exact) mass is 329 g/mol. The Labute approximate surface area is 127 Å². The molecule has 0 amide bonds. The molecule has 1 aromatic heterocycles. The summed E-state index contributed by atoms with van der Waals surface area (Å²) < 4.78 is 40.3. The van der Waals surface area contributed by atoms with Crippen LogP contribution in [0.4, 0.5) is 4.39 Å². The smallest absolute Gasteiger partial charge is 0.240 e. The summed E-state index contributed by atoms with van der Waals surface area (Å²) in [4.78, 5) is 3.67. The van der Waals surface area contributed by atoms with Crippen molar-refractivity contribution in [1.82, 2.24) is 9.71 Å². The number of sulfonamides is 1. The second-order valence-electron chi connectivity index (χ2n) is 4.27. The Morgan fingerprint density at radius 2 is 2.14 bits per heavy atom. The number of hydrogen-bond acceptors (Lipinski definition) is 4. The van der Waals surface area contributed by atoms with E-state index in [9.17, 15) is 12.8 Å². The van der Waals surface area contributed by atoms with Gasteiger partial charge < -0.3 is 5.73 Å². The third-order valence-corrected chi connectivity index (χ3v) is 4.60. The Morgan fingerprint density at radius 3 is 2.76 bits per heavy atom. The van der Waals surface area contributed by atoms with E-state index in [-0.39, 0.29) is 28.6 Å². The van der Waals surface area contributed by atoms with Crippen LogP contribution in [0.2, 0.25) is 5.02 Å². The molecule has 3 N–H and O–H groups in total. The van der Waals surface area contributed by atoms with Crippen molar-refractivity contribution in [3.05, 3.63) is 58.6 Å². The van der Waals surface area contributed by atoms with Gasteiger partial charge in [-0.2, -0.15) is 0 Å². The molecule has 0 atom stereocenters. The first kappa shape index (κ1) is 15.8. The summed E-state index contributed by atoms with van der Waals surface area (Å²) in [5.74, 6) is -0.818. The fraction of sp³-hybridized carbons (Fsp3) is 0.154. The van der Waals surface area contributed by atoms with Gasteiger partial charge in [0.1, 0.15) is 5.82 Å². The zero-order valence-electron chi connectivity index (χ0n) is 10.9. The molecule has 1 heterocycles. The quantitative estimate of drug-likeness (QED) is 0.876. The van der Waals surface area contributed by atoms with E-state index in [1.165, 1.54) is 12.3 Å². The van der Waals surface area contributed by atoms with Crippen LogP contribution in [0.5, 0.6) is 0 Å². The van der Waals surface area contributed by atoms with Gasteiger partial charge in [0.05, 0.1) is 9.92 Å². The van der Waals surface area contributed by atoms with Gasteiger partial charge in [-0.1, -0.05) is 17.7 Å². The average molecular weight is 330 g/mol. The van der Waals surface area contributed by atoms with Gasteiger partial charge in [0.25, 0.3) is 0 Å². The lowest BCUT2D eigenvalue weighted by Gasteiger charge is -2.10. The molecule has 0 aliphatic carbocycles. The molecule has 0 fully saturated rings. The van der Waals surface area contributed by atoms with Crippen molar-refractivity contribution in [2.24, 2.45) is 5.73 Å². The molecule has 5 nitrogen and oxygen atoms in total. The Bertz CT molecular complexity index is 739. The molecule has 2 rings (SSSR count). The Kier molecular flexibility index (Phi) is 4.89. The van der Waals surface area contributed by atoms with Crippen molar-refractivity contribution in [3.63, 3.8) is 0 Å². The zero-order valence-corrected chi connectivity index (χ0v) is 12.5. The highest BCUT2D eigenvalue weighted by molar-refractivity contribution is 7.89. The molecule has 8 heteroatoms. The lowest BCUT2D eigenvalue weighted by Crippen LogP contribution is -2.23. The minimum atomic E-state index is -3.86. The maximum absolute atomic E-state index is 13.6. The Morgan fingerprint density at radius 1 is 1.38 bits per heavy atom. The molecule has 0 saturated carbocycles. The highest BCUT2D eigenvalue weighted by atomic mass is 35.5. The van der Waals surface area contributed by atoms with Crippen molar-refractivity contribution in [3.8, 4) is 0 Å². The number of benzene rings is 1. The number of nitrogens with two attached hydrogens (primary N) is 1. The molecule has 0 aliphatic heterocycles. The Hall–Kier alpha value is -1.54. The van der Waals surface area contributed by atoms with Crippen molar-refractivity contribution in [2.45, 2.75) is 18.0 Å². The summed E-state index contributed by atoms with van der Waals surface area (Å²) in [7, 11) is -3.86. The zero-order chi connectivity index (χ0) is 15.5. The standard InChI is InChI=1S/C13H13ClFN3O2S/c14-13-10(6-16)4-11(5-12(13)15)21(19,20)18-8-9-2-1-3-17-7-9/h1-5,7,18H,6,8,16H2. The molecule has 21 heavy (non-hydrogen) atoms. The fourth-order valence-corrected chi connectivity index (χ4v) is 2.95. The van der Waals surface area contributed by atoms with Gasteiger partial charge in [0.15, 0.2) is 0 Å². The summed E-state index contributed by atoms with van der Waals surface area (Å²) in [6.07, 6.45) is 3.12. The van der Waals surface area contributed by atoms with Crippen LogP contribution in [0.25, 0.3) is 0 Å². The summed E-state index contributed by atoms with van der Waals surface area (Å²) in [5.41, 5.74) is 6.35. The maximum Gasteiger partial charge on any atom is 0.240 e. The van der Waals surface area contributed by atoms with Crippen LogP contribution >= 0.6 is 11.6 Å². The molecule has 1 aromatic carbocycles. The van der Waals surface area contributed by atoms with Crippen molar-refractivity contribution < 1.29 is 12.8 Å². The normalized spacial score (nSPS) is 11.6. The van der Waals surface area contributed by atoms with E-state index in [2.05, 4.69) is 9.71 Å². The number of hydrogen-bond donors (Lipinski definition) is 2. The SMILES string of the molecule is NCc1cc(S(=O)(=O)NCc2cccnc2)cc(F)c1Cl. The van der Waals surface area contributed by atoms with E-state index in [0.717, 1.165) is 6.07 Å². The first-order valence-electron chi connectivity index (χ1n) is 6.00. The van der Waals surface area contributed by atoms with Crippen LogP contribution in [-0.4, -0.2) is 13.4 Å². The molecule has 0 spiro atoms. The second-order valence-corrected chi connectivity index (χ2v) is 6.41. The number of halogens is 2. The molecule has 0 radical (unpaired) electrons. The molecular weight excluding hydrogens is 317 g/mol. The largest absolute Gasteiger partial charge is 0.326 e. The number of nitrogens with one attached hydrogen (secondary N) is 1. The lowest BCUT2D eigenvalue weighted by molar-refractivity contribution is 0.576. The number of aromatic nitrogens is 1. The third-order valence-electron chi connectivity index (χ3n) is 2.80. The van der Waals surface area contributed by atoms with Gasteiger partial charge >= 0.3 is 0 Å². The first-order valence-corrected chi connectivity index (χ1v) is 7.86. The molecule has 112 valence electrons. The predicted octanol–water partition coefficient (Wildman–Crippen LogP) is 1.81. The summed E-state index contributed by atoms with van der Waals surface area (Å²) >= 11 is 5.71. The van der Waals surface area contributed by atoms with Crippen LogP contribution < -0.4 is 10.5 Å². The minimum absolute atomic E-state index is 0.0539. The molecule has 2 aromatic rings. The number of pyridine rings is 1. The van der Waals surface area contributed by atoms with Crippen molar-refractivity contribution in [1.29, 1.82) is 0 Å². The van der Waals surface area contributed by atoms with Crippen LogP contribution in [-0.2, 0) is 23.1 Å². The number of nitrogens with zero attached hydrogens (tertiary/aromatic N) is 1. The second kappa shape index (κ2) is 6.48. The van der Waals surface area contributed by atoms with Crippen molar-refractivity contribution >= 4 is 21.6 Å². The van der Waals surface area contributed by atoms with E-state index in [1.807, 2.05) is 0 Å². The lowest BCUT2D eigenvalue weighted by atomic mass is 10.2. The highest BCUT2D eigenvalue weighted by Crippen LogP contribution is 2.24. The topological polar surface area (TPSA) is 85.1 Å². The van der Waals surface area contributed by atoms with E-state index in [4.69, 9.17) is 17.3 Å². The number of rotatable bonds is 5. The summed E-state index contributed by atoms with van der Waals surface area (Å²) in [5, 5.41) is -0.163. The van der Waals surface area contributed by atoms with E-state index in [0.29, 0.717) is 5.56 Å². The van der Waals surface area contributed by atoms with E-state index in [1.54, 1.807) is 18.3 Å². The molecule has 0 aliphatic rings. The van der Waals surface area contributed by atoms with Crippen LogP contribution in [0, 0.1) is 5.82 Å². The molecule has 0 bridgehead atoms.